The molecule has 3 rings (SSSR count). The summed E-state index contributed by atoms with van der Waals surface area (Å²) in [4.78, 5) is 20.5. The van der Waals surface area contributed by atoms with Crippen LogP contribution in [0.15, 0.2) is 34.8 Å². The second kappa shape index (κ2) is 7.09. The number of halogens is 1. The first kappa shape index (κ1) is 17.2. The Labute approximate surface area is 152 Å². The Morgan fingerprint density at radius 2 is 2.04 bits per heavy atom. The minimum absolute atomic E-state index is 0.357. The summed E-state index contributed by atoms with van der Waals surface area (Å²) in [6.45, 7) is 3.72. The molecule has 1 atom stereocenters. The number of aliphatic carboxylic acids is 1. The van der Waals surface area contributed by atoms with Gasteiger partial charge in [-0.25, -0.2) is 9.97 Å². The summed E-state index contributed by atoms with van der Waals surface area (Å²) in [7, 11) is 0. The number of aromatic nitrogens is 2. The lowest BCUT2D eigenvalue weighted by atomic mass is 10.0. The highest BCUT2D eigenvalue weighted by atomic mass is 35.5. The summed E-state index contributed by atoms with van der Waals surface area (Å²) >= 11 is 8.95. The van der Waals surface area contributed by atoms with Gasteiger partial charge in [-0.1, -0.05) is 54.6 Å². The third kappa shape index (κ3) is 3.41. The zero-order valence-corrected chi connectivity index (χ0v) is 15.5. The Bertz CT molecular complexity index is 893. The number of fused-ring (bicyclic) bond motifs is 1. The highest BCUT2D eigenvalue weighted by Crippen LogP contribution is 2.38. The van der Waals surface area contributed by atoms with Crippen molar-refractivity contribution >= 4 is 50.9 Å². The second-order valence-corrected chi connectivity index (χ2v) is 7.80. The van der Waals surface area contributed by atoms with Gasteiger partial charge in [0, 0.05) is 10.9 Å². The van der Waals surface area contributed by atoms with Gasteiger partial charge in [-0.05, 0) is 24.5 Å². The smallest absolute Gasteiger partial charge is 0.316 e. The third-order valence-electron chi connectivity index (χ3n) is 3.67. The van der Waals surface area contributed by atoms with Crippen molar-refractivity contribution < 1.29 is 9.90 Å². The number of aryl methyl sites for hydroxylation is 1. The molecule has 1 unspecified atom stereocenters. The van der Waals surface area contributed by atoms with Crippen molar-refractivity contribution in [3.05, 3.63) is 40.4 Å². The van der Waals surface area contributed by atoms with E-state index in [0.717, 1.165) is 39.5 Å². The van der Waals surface area contributed by atoms with Crippen LogP contribution in [0.5, 0.6) is 0 Å². The number of carboxylic acids is 1. The highest BCUT2D eigenvalue weighted by molar-refractivity contribution is 8.00. The van der Waals surface area contributed by atoms with Crippen LogP contribution in [-0.2, 0) is 11.2 Å². The summed E-state index contributed by atoms with van der Waals surface area (Å²) in [5.74, 6) is -0.900. The van der Waals surface area contributed by atoms with Crippen LogP contribution in [0.1, 0.15) is 19.4 Å². The lowest BCUT2D eigenvalue weighted by Crippen LogP contribution is -2.11. The Morgan fingerprint density at radius 1 is 1.33 bits per heavy atom. The van der Waals surface area contributed by atoms with Crippen molar-refractivity contribution in [3.63, 3.8) is 0 Å². The van der Waals surface area contributed by atoms with Crippen LogP contribution in [0.3, 0.4) is 0 Å². The van der Waals surface area contributed by atoms with Crippen LogP contribution in [0.4, 0.5) is 0 Å². The molecule has 0 saturated carbocycles. The van der Waals surface area contributed by atoms with Gasteiger partial charge in [0.2, 0.25) is 0 Å². The van der Waals surface area contributed by atoms with Crippen LogP contribution in [-0.4, -0.2) is 26.3 Å². The standard InChI is InChI=1S/C17H15ClN2O2S2/c1-3-10-4-6-11(7-5-10)12-8-23-15-13(12)14(18)19-17(20-15)24-9(2)16(21)22/h4-9H,3H2,1-2H3,(H,21,22). The number of rotatable bonds is 5. The maximum Gasteiger partial charge on any atom is 0.316 e. The van der Waals surface area contributed by atoms with Crippen molar-refractivity contribution in [1.29, 1.82) is 0 Å². The molecule has 0 aliphatic rings. The lowest BCUT2D eigenvalue weighted by Gasteiger charge is -2.06. The molecule has 7 heteroatoms. The van der Waals surface area contributed by atoms with Crippen LogP contribution in [0, 0.1) is 0 Å². The predicted octanol–water partition coefficient (Wildman–Crippen LogP) is 5.14. The summed E-state index contributed by atoms with van der Waals surface area (Å²) < 4.78 is 0. The number of carbonyl (C=O) groups is 1. The van der Waals surface area contributed by atoms with E-state index >= 15 is 0 Å². The summed E-state index contributed by atoms with van der Waals surface area (Å²) in [6, 6.07) is 8.36. The van der Waals surface area contributed by atoms with E-state index in [-0.39, 0.29) is 0 Å². The minimum Gasteiger partial charge on any atom is -0.480 e. The molecular weight excluding hydrogens is 364 g/mol. The van der Waals surface area contributed by atoms with Gasteiger partial charge in [-0.3, -0.25) is 4.79 Å². The van der Waals surface area contributed by atoms with Gasteiger partial charge in [-0.2, -0.15) is 0 Å². The molecule has 124 valence electrons. The Balaban J connectivity index is 2.01. The minimum atomic E-state index is -0.900. The number of hydrogen-bond acceptors (Lipinski definition) is 5. The molecule has 0 amide bonds. The molecule has 4 nitrogen and oxygen atoms in total. The van der Waals surface area contributed by atoms with E-state index in [1.54, 1.807) is 6.92 Å². The Hall–Kier alpha value is -1.63. The fraction of sp³-hybridized carbons (Fsp3) is 0.235. The fourth-order valence-electron chi connectivity index (χ4n) is 2.27. The molecule has 0 fully saturated rings. The van der Waals surface area contributed by atoms with Crippen molar-refractivity contribution in [2.75, 3.05) is 0 Å². The summed E-state index contributed by atoms with van der Waals surface area (Å²) in [5.41, 5.74) is 3.36. The number of carboxylic acid groups (broad SMARTS) is 1. The maximum atomic E-state index is 11.0. The van der Waals surface area contributed by atoms with Gasteiger partial charge in [0.1, 0.15) is 15.2 Å². The van der Waals surface area contributed by atoms with Gasteiger partial charge >= 0.3 is 5.97 Å². The van der Waals surface area contributed by atoms with E-state index in [0.29, 0.717) is 10.3 Å². The largest absolute Gasteiger partial charge is 0.480 e. The first-order valence-corrected chi connectivity index (χ1v) is 9.56. The highest BCUT2D eigenvalue weighted by Gasteiger charge is 2.18. The van der Waals surface area contributed by atoms with Crippen LogP contribution in [0.2, 0.25) is 5.15 Å². The molecule has 0 aliphatic heterocycles. The zero-order chi connectivity index (χ0) is 17.3. The molecule has 1 aromatic carbocycles. The quantitative estimate of drug-likeness (QED) is 0.378. The van der Waals surface area contributed by atoms with Gasteiger partial charge < -0.3 is 5.11 Å². The Kier molecular flexibility index (Phi) is 5.08. The van der Waals surface area contributed by atoms with Crippen LogP contribution >= 0.6 is 34.7 Å². The number of thiophene rings is 1. The van der Waals surface area contributed by atoms with Gasteiger partial charge in [0.05, 0.1) is 5.39 Å². The van der Waals surface area contributed by atoms with E-state index in [1.807, 2.05) is 5.38 Å². The third-order valence-corrected chi connectivity index (χ3v) is 5.77. The number of benzene rings is 1. The normalized spacial score (nSPS) is 12.5. The van der Waals surface area contributed by atoms with Crippen molar-refractivity contribution in [1.82, 2.24) is 9.97 Å². The first-order chi connectivity index (χ1) is 11.5. The molecule has 0 aliphatic carbocycles. The maximum absolute atomic E-state index is 11.0. The summed E-state index contributed by atoms with van der Waals surface area (Å²) in [5, 5.41) is 12.0. The molecular formula is C17H15ClN2O2S2. The molecule has 0 saturated heterocycles. The van der Waals surface area contributed by atoms with E-state index < -0.39 is 11.2 Å². The van der Waals surface area contributed by atoms with Crippen molar-refractivity contribution in [3.8, 4) is 11.1 Å². The predicted molar refractivity (Wildman–Crippen MR) is 100 cm³/mol. The average molecular weight is 379 g/mol. The first-order valence-electron chi connectivity index (χ1n) is 7.43. The molecule has 2 heterocycles. The van der Waals surface area contributed by atoms with E-state index in [9.17, 15) is 4.79 Å². The number of hydrogen-bond donors (Lipinski definition) is 1. The van der Waals surface area contributed by atoms with Gasteiger partial charge in [0.15, 0.2) is 5.16 Å². The van der Waals surface area contributed by atoms with Crippen LogP contribution in [0.25, 0.3) is 21.3 Å². The zero-order valence-electron chi connectivity index (χ0n) is 13.1. The lowest BCUT2D eigenvalue weighted by molar-refractivity contribution is -0.136. The van der Waals surface area contributed by atoms with Crippen molar-refractivity contribution in [2.24, 2.45) is 0 Å². The van der Waals surface area contributed by atoms with Crippen molar-refractivity contribution in [2.45, 2.75) is 30.7 Å². The molecule has 1 N–H and O–H groups in total. The monoisotopic (exact) mass is 378 g/mol. The SMILES string of the molecule is CCc1ccc(-c2csc3nc(SC(C)C(=O)O)nc(Cl)c23)cc1. The molecule has 2 aromatic heterocycles. The molecule has 0 spiro atoms. The second-order valence-electron chi connectivity index (χ2n) is 5.28. The van der Waals surface area contributed by atoms with E-state index in [4.69, 9.17) is 16.7 Å². The van der Waals surface area contributed by atoms with Crippen LogP contribution < -0.4 is 0 Å². The molecule has 24 heavy (non-hydrogen) atoms. The molecule has 0 bridgehead atoms. The molecule has 3 aromatic rings. The Morgan fingerprint density at radius 3 is 2.67 bits per heavy atom. The molecule has 0 radical (unpaired) electrons. The fourth-order valence-corrected chi connectivity index (χ4v) is 4.36. The number of nitrogens with zero attached hydrogens (tertiary/aromatic N) is 2. The topological polar surface area (TPSA) is 63.1 Å². The van der Waals surface area contributed by atoms with E-state index in [1.165, 1.54) is 16.9 Å². The average Bonchev–Trinajstić information content (AvgIpc) is 2.99. The summed E-state index contributed by atoms with van der Waals surface area (Å²) in [6.07, 6.45) is 0.997. The van der Waals surface area contributed by atoms with Gasteiger partial charge in [0.25, 0.3) is 0 Å². The number of thioether (sulfide) groups is 1. The van der Waals surface area contributed by atoms with Gasteiger partial charge in [-0.15, -0.1) is 11.3 Å². The van der Waals surface area contributed by atoms with E-state index in [2.05, 4.69) is 41.2 Å².